The summed E-state index contributed by atoms with van der Waals surface area (Å²) < 4.78 is 40.4. The van der Waals surface area contributed by atoms with E-state index < -0.39 is 11.7 Å². The van der Waals surface area contributed by atoms with Crippen molar-refractivity contribution >= 4 is 5.91 Å². The van der Waals surface area contributed by atoms with Crippen LogP contribution >= 0.6 is 0 Å². The van der Waals surface area contributed by atoms with Crippen LogP contribution < -0.4 is 10.6 Å². The average Bonchev–Trinajstić information content (AvgIpc) is 3.18. The molecule has 3 rings (SSSR count). The summed E-state index contributed by atoms with van der Waals surface area (Å²) in [6.07, 6.45) is 0.124. The number of piperidine rings is 1. The lowest BCUT2D eigenvalue weighted by molar-refractivity contribution is -0.137. The Hall–Kier alpha value is -2.35. The molecule has 2 heterocycles. The highest BCUT2D eigenvalue weighted by atomic mass is 19.4. The lowest BCUT2D eigenvalue weighted by Gasteiger charge is -2.22. The van der Waals surface area contributed by atoms with Crippen LogP contribution in [-0.4, -0.2) is 35.3 Å². The van der Waals surface area contributed by atoms with Crippen molar-refractivity contribution in [3.05, 3.63) is 53.3 Å². The minimum absolute atomic E-state index is 0.103. The second-order valence-electron chi connectivity index (χ2n) is 7.25. The summed E-state index contributed by atoms with van der Waals surface area (Å²) in [6.45, 7) is 4.08. The summed E-state index contributed by atoms with van der Waals surface area (Å²) in [5.41, 5.74) is 0.319. The first-order valence-corrected chi connectivity index (χ1v) is 9.56. The smallest absolute Gasteiger partial charge is 0.351 e. The zero-order chi connectivity index (χ0) is 20.1. The fourth-order valence-electron chi connectivity index (χ4n) is 3.40. The molecule has 0 spiro atoms. The molecule has 1 aliphatic heterocycles. The first-order valence-electron chi connectivity index (χ1n) is 9.56. The Morgan fingerprint density at radius 3 is 2.93 bits per heavy atom. The Balaban J connectivity index is 1.51. The zero-order valence-electron chi connectivity index (χ0n) is 15.8. The average molecular weight is 394 g/mol. The fourth-order valence-corrected chi connectivity index (χ4v) is 3.40. The molecule has 0 aliphatic carbocycles. The van der Waals surface area contributed by atoms with Crippen LogP contribution in [-0.2, 0) is 6.18 Å². The molecule has 1 fully saturated rings. The highest BCUT2D eigenvalue weighted by Gasteiger charge is 2.30. The number of halogens is 3. The first-order chi connectivity index (χ1) is 13.3. The van der Waals surface area contributed by atoms with Gasteiger partial charge in [0.15, 0.2) is 0 Å². The molecule has 0 radical (unpaired) electrons. The monoisotopic (exact) mass is 394 g/mol. The lowest BCUT2D eigenvalue weighted by atomic mass is 9.96. The Morgan fingerprint density at radius 2 is 2.21 bits per heavy atom. The van der Waals surface area contributed by atoms with E-state index in [4.69, 9.17) is 0 Å². The Labute approximate surface area is 162 Å². The molecular weight excluding hydrogens is 369 g/mol. The molecule has 0 saturated carbocycles. The quantitative estimate of drug-likeness (QED) is 0.785. The van der Waals surface area contributed by atoms with Crippen LogP contribution in [0.15, 0.2) is 36.5 Å². The van der Waals surface area contributed by atoms with Gasteiger partial charge >= 0.3 is 6.18 Å². The molecule has 1 amide bonds. The van der Waals surface area contributed by atoms with E-state index in [1.165, 1.54) is 12.1 Å². The third kappa shape index (κ3) is 5.13. The second-order valence-corrected chi connectivity index (χ2v) is 7.25. The molecular formula is C20H25F3N4O. The Kier molecular flexibility index (Phi) is 6.39. The zero-order valence-corrected chi connectivity index (χ0v) is 15.8. The summed E-state index contributed by atoms with van der Waals surface area (Å²) in [5, 5.41) is 10.5. The summed E-state index contributed by atoms with van der Waals surface area (Å²) in [5.74, 6) is -0.368. The van der Waals surface area contributed by atoms with Gasteiger partial charge in [-0.05, 0) is 49.4 Å². The molecule has 1 saturated heterocycles. The standard InChI is InChI=1S/C20H25F3N4O/c1-14(15-4-2-5-16(12-15)20(21,22)23)7-10-25-19(28)18-8-11-27(26-18)17-6-3-9-24-13-17/h2,4-5,8,11-12,14,17,24H,3,6-7,9-10,13H2,1H3,(H,25,28). The van der Waals surface area contributed by atoms with E-state index in [1.54, 1.807) is 12.1 Å². The van der Waals surface area contributed by atoms with Crippen molar-refractivity contribution in [2.75, 3.05) is 19.6 Å². The molecule has 2 aromatic rings. The van der Waals surface area contributed by atoms with Crippen molar-refractivity contribution in [3.63, 3.8) is 0 Å². The highest BCUT2D eigenvalue weighted by molar-refractivity contribution is 5.92. The third-order valence-corrected chi connectivity index (χ3v) is 5.13. The van der Waals surface area contributed by atoms with Gasteiger partial charge in [0.25, 0.3) is 5.91 Å². The van der Waals surface area contributed by atoms with Crippen molar-refractivity contribution in [2.45, 2.75) is 44.3 Å². The van der Waals surface area contributed by atoms with Gasteiger partial charge in [0.05, 0.1) is 11.6 Å². The van der Waals surface area contributed by atoms with Gasteiger partial charge in [-0.1, -0.05) is 25.1 Å². The van der Waals surface area contributed by atoms with E-state index in [-0.39, 0.29) is 17.9 Å². The number of aromatic nitrogens is 2. The molecule has 2 unspecified atom stereocenters. The number of hydrogen-bond donors (Lipinski definition) is 2. The van der Waals surface area contributed by atoms with Crippen molar-refractivity contribution < 1.29 is 18.0 Å². The van der Waals surface area contributed by atoms with Gasteiger partial charge in [-0.2, -0.15) is 18.3 Å². The number of carbonyl (C=O) groups is 1. The van der Waals surface area contributed by atoms with E-state index in [0.717, 1.165) is 32.0 Å². The van der Waals surface area contributed by atoms with Crippen LogP contribution in [0.3, 0.4) is 0 Å². The number of nitrogens with one attached hydrogen (secondary N) is 2. The number of nitrogens with zero attached hydrogens (tertiary/aromatic N) is 2. The van der Waals surface area contributed by atoms with Gasteiger partial charge in [0.2, 0.25) is 0 Å². The molecule has 152 valence electrons. The first kappa shape index (κ1) is 20.4. The predicted molar refractivity (Wildman–Crippen MR) is 100 cm³/mol. The van der Waals surface area contributed by atoms with Gasteiger partial charge < -0.3 is 10.6 Å². The molecule has 2 atom stereocenters. The Morgan fingerprint density at radius 1 is 1.39 bits per heavy atom. The fraction of sp³-hybridized carbons (Fsp3) is 0.500. The SMILES string of the molecule is CC(CCNC(=O)c1ccn(C2CCCNC2)n1)c1cccc(C(F)(F)F)c1. The molecule has 1 aliphatic rings. The van der Waals surface area contributed by atoms with E-state index in [1.807, 2.05) is 17.8 Å². The number of amides is 1. The maximum absolute atomic E-state index is 12.8. The highest BCUT2D eigenvalue weighted by Crippen LogP contribution is 2.31. The minimum atomic E-state index is -4.35. The van der Waals surface area contributed by atoms with Gasteiger partial charge in [-0.15, -0.1) is 0 Å². The van der Waals surface area contributed by atoms with Crippen LogP contribution in [0, 0.1) is 0 Å². The number of rotatable bonds is 6. The topological polar surface area (TPSA) is 59.0 Å². The molecule has 1 aromatic heterocycles. The van der Waals surface area contributed by atoms with Gasteiger partial charge in [0.1, 0.15) is 5.69 Å². The molecule has 0 bridgehead atoms. The number of alkyl halides is 3. The van der Waals surface area contributed by atoms with Gasteiger partial charge in [-0.3, -0.25) is 9.48 Å². The van der Waals surface area contributed by atoms with Crippen LogP contribution in [0.4, 0.5) is 13.2 Å². The molecule has 2 N–H and O–H groups in total. The van der Waals surface area contributed by atoms with Gasteiger partial charge in [0, 0.05) is 19.3 Å². The Bertz CT molecular complexity index is 797. The van der Waals surface area contributed by atoms with Crippen LogP contribution in [0.1, 0.15) is 59.8 Å². The maximum Gasteiger partial charge on any atom is 0.416 e. The van der Waals surface area contributed by atoms with Crippen LogP contribution in [0.5, 0.6) is 0 Å². The minimum Gasteiger partial charge on any atom is -0.351 e. The number of benzene rings is 1. The predicted octanol–water partition coefficient (Wildman–Crippen LogP) is 3.75. The van der Waals surface area contributed by atoms with E-state index >= 15 is 0 Å². The molecule has 5 nitrogen and oxygen atoms in total. The summed E-state index contributed by atoms with van der Waals surface area (Å²) in [4.78, 5) is 12.3. The second kappa shape index (κ2) is 8.77. The lowest BCUT2D eigenvalue weighted by Crippen LogP contribution is -2.32. The van der Waals surface area contributed by atoms with Crippen molar-refractivity contribution in [1.29, 1.82) is 0 Å². The molecule has 28 heavy (non-hydrogen) atoms. The van der Waals surface area contributed by atoms with E-state index in [2.05, 4.69) is 15.7 Å². The van der Waals surface area contributed by atoms with Crippen molar-refractivity contribution in [3.8, 4) is 0 Å². The van der Waals surface area contributed by atoms with Crippen LogP contribution in [0.25, 0.3) is 0 Å². The summed E-state index contributed by atoms with van der Waals surface area (Å²) in [6, 6.07) is 7.29. The van der Waals surface area contributed by atoms with E-state index in [0.29, 0.717) is 24.2 Å². The number of hydrogen-bond acceptors (Lipinski definition) is 3. The van der Waals surface area contributed by atoms with E-state index in [9.17, 15) is 18.0 Å². The third-order valence-electron chi connectivity index (χ3n) is 5.13. The van der Waals surface area contributed by atoms with Crippen LogP contribution in [0.2, 0.25) is 0 Å². The van der Waals surface area contributed by atoms with Crippen molar-refractivity contribution in [1.82, 2.24) is 20.4 Å². The number of carbonyl (C=O) groups excluding carboxylic acids is 1. The largest absolute Gasteiger partial charge is 0.416 e. The molecule has 8 heteroatoms. The molecule has 1 aromatic carbocycles. The summed E-state index contributed by atoms with van der Waals surface area (Å²) in [7, 11) is 0. The maximum atomic E-state index is 12.8. The van der Waals surface area contributed by atoms with Gasteiger partial charge in [-0.25, -0.2) is 0 Å². The summed E-state index contributed by atoms with van der Waals surface area (Å²) >= 11 is 0. The normalized spacial score (nSPS) is 18.6. The van der Waals surface area contributed by atoms with Crippen molar-refractivity contribution in [2.24, 2.45) is 0 Å².